The molecule has 1 unspecified atom stereocenters. The van der Waals surface area contributed by atoms with E-state index in [-0.39, 0.29) is 24.6 Å². The quantitative estimate of drug-likeness (QED) is 0.666. The first-order chi connectivity index (χ1) is 15.3. The van der Waals surface area contributed by atoms with Crippen LogP contribution >= 0.6 is 0 Å². The second-order valence-electron chi connectivity index (χ2n) is 7.80. The van der Waals surface area contributed by atoms with Gasteiger partial charge >= 0.3 is 5.97 Å². The van der Waals surface area contributed by atoms with Crippen molar-refractivity contribution >= 4 is 17.8 Å². The Balaban J connectivity index is 1.42. The van der Waals surface area contributed by atoms with Gasteiger partial charge in [0.05, 0.1) is 11.5 Å². The molecule has 2 amide bonds. The Hall–Kier alpha value is -3.29. The van der Waals surface area contributed by atoms with Gasteiger partial charge in [-0.2, -0.15) is 0 Å². The number of carbonyl (C=O) groups is 3. The zero-order chi connectivity index (χ0) is 23.1. The van der Waals surface area contributed by atoms with Crippen molar-refractivity contribution in [1.82, 2.24) is 10.2 Å². The Labute approximate surface area is 185 Å². The van der Waals surface area contributed by atoms with Crippen molar-refractivity contribution < 1.29 is 27.9 Å². The summed E-state index contributed by atoms with van der Waals surface area (Å²) in [7, 11) is 0. The lowest BCUT2D eigenvalue weighted by Crippen LogP contribution is -2.43. The van der Waals surface area contributed by atoms with Gasteiger partial charge in [0.1, 0.15) is 11.6 Å². The molecule has 1 aliphatic heterocycles. The van der Waals surface area contributed by atoms with Crippen LogP contribution in [-0.4, -0.2) is 48.4 Å². The van der Waals surface area contributed by atoms with Gasteiger partial charge in [0.2, 0.25) is 0 Å². The number of ether oxygens (including phenoxy) is 1. The highest BCUT2D eigenvalue weighted by Gasteiger charge is 2.31. The molecule has 32 heavy (non-hydrogen) atoms. The number of hydrogen-bond acceptors (Lipinski definition) is 4. The normalized spacial score (nSPS) is 15.2. The lowest BCUT2D eigenvalue weighted by molar-refractivity contribution is -0.160. The van der Waals surface area contributed by atoms with Crippen LogP contribution in [0.15, 0.2) is 48.5 Å². The number of likely N-dealkylation sites (tertiary alicyclic amines) is 1. The smallest absolute Gasteiger partial charge is 0.309 e. The molecule has 1 saturated heterocycles. The van der Waals surface area contributed by atoms with Crippen LogP contribution in [0.25, 0.3) is 0 Å². The first-order valence-electron chi connectivity index (χ1n) is 10.6. The Morgan fingerprint density at radius 2 is 1.78 bits per heavy atom. The van der Waals surface area contributed by atoms with Crippen LogP contribution in [0.4, 0.5) is 8.78 Å². The van der Waals surface area contributed by atoms with Crippen molar-refractivity contribution in [3.05, 3.63) is 71.3 Å². The number of benzene rings is 2. The van der Waals surface area contributed by atoms with Gasteiger partial charge in [0.15, 0.2) is 6.10 Å². The number of halogens is 2. The average molecular weight is 444 g/mol. The maximum Gasteiger partial charge on any atom is 0.309 e. The van der Waals surface area contributed by atoms with Crippen LogP contribution in [0.5, 0.6) is 0 Å². The lowest BCUT2D eigenvalue weighted by Gasteiger charge is -2.31. The summed E-state index contributed by atoms with van der Waals surface area (Å²) in [5, 5.41) is 2.76. The van der Waals surface area contributed by atoms with E-state index in [0.717, 1.165) is 17.7 Å². The molecular formula is C24H26F2N2O4. The first kappa shape index (κ1) is 23.4. The zero-order valence-corrected chi connectivity index (χ0v) is 17.9. The second kappa shape index (κ2) is 10.8. The highest BCUT2D eigenvalue weighted by Crippen LogP contribution is 2.22. The van der Waals surface area contributed by atoms with Crippen molar-refractivity contribution in [1.29, 1.82) is 0 Å². The summed E-state index contributed by atoms with van der Waals surface area (Å²) in [6.07, 6.45) is 0.436. The average Bonchev–Trinajstić information content (AvgIpc) is 2.79. The van der Waals surface area contributed by atoms with E-state index in [1.165, 1.54) is 11.8 Å². The molecule has 2 aromatic carbocycles. The monoisotopic (exact) mass is 444 g/mol. The maximum atomic E-state index is 13.9. The third kappa shape index (κ3) is 6.12. The fourth-order valence-electron chi connectivity index (χ4n) is 3.59. The molecular weight excluding hydrogens is 418 g/mol. The minimum atomic E-state index is -0.925. The van der Waals surface area contributed by atoms with Gasteiger partial charge in [-0.3, -0.25) is 14.4 Å². The van der Waals surface area contributed by atoms with E-state index in [0.29, 0.717) is 31.9 Å². The Morgan fingerprint density at radius 3 is 2.44 bits per heavy atom. The minimum Gasteiger partial charge on any atom is -0.452 e. The SMILES string of the molecule is CC(OC(=O)C1CCN(C(=O)c2ccc(F)cc2F)CC1)C(=O)NCCc1ccccc1. The fraction of sp³-hybridized carbons (Fsp3) is 0.375. The molecule has 0 spiro atoms. The van der Waals surface area contributed by atoms with Gasteiger partial charge in [-0.05, 0) is 43.9 Å². The van der Waals surface area contributed by atoms with Crippen molar-refractivity contribution in [3.8, 4) is 0 Å². The van der Waals surface area contributed by atoms with Crippen molar-refractivity contribution in [2.75, 3.05) is 19.6 Å². The van der Waals surface area contributed by atoms with E-state index in [2.05, 4.69) is 5.32 Å². The molecule has 2 aromatic rings. The number of amides is 2. The van der Waals surface area contributed by atoms with Gasteiger partial charge in [-0.1, -0.05) is 30.3 Å². The molecule has 3 rings (SSSR count). The summed E-state index contributed by atoms with van der Waals surface area (Å²) in [4.78, 5) is 38.5. The molecule has 0 radical (unpaired) electrons. The fourth-order valence-corrected chi connectivity index (χ4v) is 3.59. The molecule has 6 nitrogen and oxygen atoms in total. The summed E-state index contributed by atoms with van der Waals surface area (Å²) >= 11 is 0. The van der Waals surface area contributed by atoms with Crippen molar-refractivity contribution in [2.24, 2.45) is 5.92 Å². The van der Waals surface area contributed by atoms with Crippen LogP contribution < -0.4 is 5.32 Å². The predicted octanol–water partition coefficient (Wildman–Crippen LogP) is 3.11. The highest BCUT2D eigenvalue weighted by atomic mass is 19.1. The summed E-state index contributed by atoms with van der Waals surface area (Å²) in [5.74, 6) is -3.51. The number of carbonyl (C=O) groups excluding carboxylic acids is 3. The van der Waals surface area contributed by atoms with E-state index < -0.39 is 35.5 Å². The van der Waals surface area contributed by atoms with Crippen LogP contribution in [0.3, 0.4) is 0 Å². The van der Waals surface area contributed by atoms with Gasteiger partial charge < -0.3 is 15.0 Å². The number of hydrogen-bond donors (Lipinski definition) is 1. The summed E-state index contributed by atoms with van der Waals surface area (Å²) in [6, 6.07) is 12.5. The second-order valence-corrected chi connectivity index (χ2v) is 7.80. The molecule has 1 fully saturated rings. The van der Waals surface area contributed by atoms with Gasteiger partial charge in [-0.25, -0.2) is 8.78 Å². The molecule has 1 atom stereocenters. The van der Waals surface area contributed by atoms with Gasteiger partial charge in [-0.15, -0.1) is 0 Å². The number of nitrogens with zero attached hydrogens (tertiary/aromatic N) is 1. The highest BCUT2D eigenvalue weighted by molar-refractivity contribution is 5.94. The number of rotatable bonds is 7. The van der Waals surface area contributed by atoms with Gasteiger partial charge in [0.25, 0.3) is 11.8 Å². The molecule has 170 valence electrons. The third-order valence-electron chi connectivity index (χ3n) is 5.49. The van der Waals surface area contributed by atoms with Crippen molar-refractivity contribution in [2.45, 2.75) is 32.3 Å². The van der Waals surface area contributed by atoms with Crippen LogP contribution in [0.1, 0.15) is 35.7 Å². The Bertz CT molecular complexity index is 960. The van der Waals surface area contributed by atoms with E-state index in [9.17, 15) is 23.2 Å². The van der Waals surface area contributed by atoms with E-state index in [1.807, 2.05) is 30.3 Å². The largest absolute Gasteiger partial charge is 0.452 e. The molecule has 0 aromatic heterocycles. The summed E-state index contributed by atoms with van der Waals surface area (Å²) in [5.41, 5.74) is 0.896. The molecule has 1 N–H and O–H groups in total. The Kier molecular flexibility index (Phi) is 7.92. The molecule has 0 saturated carbocycles. The van der Waals surface area contributed by atoms with Gasteiger partial charge in [0, 0.05) is 25.7 Å². The summed E-state index contributed by atoms with van der Waals surface area (Å²) < 4.78 is 32.2. The lowest BCUT2D eigenvalue weighted by atomic mass is 9.96. The maximum absolute atomic E-state index is 13.9. The summed E-state index contributed by atoms with van der Waals surface area (Å²) in [6.45, 7) is 2.44. The molecule has 0 bridgehead atoms. The van der Waals surface area contributed by atoms with Crippen LogP contribution in [0, 0.1) is 17.6 Å². The van der Waals surface area contributed by atoms with E-state index in [4.69, 9.17) is 4.74 Å². The molecule has 1 heterocycles. The topological polar surface area (TPSA) is 75.7 Å². The first-order valence-corrected chi connectivity index (χ1v) is 10.6. The third-order valence-corrected chi connectivity index (χ3v) is 5.49. The standard InChI is InChI=1S/C24H26F2N2O4/c1-16(22(29)27-12-9-17-5-3-2-4-6-17)32-24(31)18-10-13-28(14-11-18)23(30)20-8-7-19(25)15-21(20)26/h2-8,15-16,18H,9-14H2,1H3,(H,27,29). The number of nitrogens with one attached hydrogen (secondary N) is 1. The zero-order valence-electron chi connectivity index (χ0n) is 17.9. The minimum absolute atomic E-state index is 0.201. The van der Waals surface area contributed by atoms with E-state index in [1.54, 1.807) is 0 Å². The van der Waals surface area contributed by atoms with Crippen LogP contribution in [-0.2, 0) is 20.7 Å². The molecule has 8 heteroatoms. The molecule has 0 aliphatic carbocycles. The van der Waals surface area contributed by atoms with E-state index >= 15 is 0 Å². The number of piperidine rings is 1. The Morgan fingerprint density at radius 1 is 1.09 bits per heavy atom. The molecule has 1 aliphatic rings. The van der Waals surface area contributed by atoms with Crippen LogP contribution in [0.2, 0.25) is 0 Å². The number of esters is 1. The predicted molar refractivity (Wildman–Crippen MR) is 114 cm³/mol. The van der Waals surface area contributed by atoms with Crippen molar-refractivity contribution in [3.63, 3.8) is 0 Å².